The minimum atomic E-state index is -1.42. The number of aliphatic hydroxyl groups excluding tert-OH is 1. The zero-order chi connectivity index (χ0) is 16.5. The molecule has 1 saturated heterocycles. The number of hydrogen-bond acceptors (Lipinski definition) is 6. The molecular weight excluding hydrogens is 290 g/mol. The molecule has 122 valence electrons. The van der Waals surface area contributed by atoms with Gasteiger partial charge in [-0.2, -0.15) is 0 Å². The van der Waals surface area contributed by atoms with E-state index in [1.807, 2.05) is 0 Å². The van der Waals surface area contributed by atoms with Crippen molar-refractivity contribution in [3.63, 3.8) is 0 Å². The molecule has 2 amide bonds. The summed E-state index contributed by atoms with van der Waals surface area (Å²) >= 11 is 0. The summed E-state index contributed by atoms with van der Waals surface area (Å²) in [6.45, 7) is 2.50. The number of rotatable bonds is 5. The summed E-state index contributed by atoms with van der Waals surface area (Å²) in [6.07, 6.45) is 2.06. The summed E-state index contributed by atoms with van der Waals surface area (Å²) in [5.41, 5.74) is -2.66. The van der Waals surface area contributed by atoms with Crippen LogP contribution in [0.25, 0.3) is 0 Å². The Kier molecular flexibility index (Phi) is 4.39. The van der Waals surface area contributed by atoms with Crippen LogP contribution in [0.3, 0.4) is 0 Å². The molecule has 2 rings (SSSR count). The molecule has 0 radical (unpaired) electrons. The molecule has 0 saturated carbocycles. The molecule has 22 heavy (non-hydrogen) atoms. The molecule has 2 aliphatic rings. The minimum Gasteiger partial charge on any atom is -0.484 e. The number of imide groups is 1. The summed E-state index contributed by atoms with van der Waals surface area (Å²) < 4.78 is 5.67. The second kappa shape index (κ2) is 5.81. The minimum absolute atomic E-state index is 0.0422. The molecule has 7 nitrogen and oxygen atoms in total. The maximum Gasteiger partial charge on any atom is 0.226 e. The summed E-state index contributed by atoms with van der Waals surface area (Å²) in [4.78, 5) is 34.8. The van der Waals surface area contributed by atoms with Crippen LogP contribution >= 0.6 is 0 Å². The van der Waals surface area contributed by atoms with Gasteiger partial charge in [0.2, 0.25) is 17.6 Å². The van der Waals surface area contributed by atoms with Crippen LogP contribution in [0.4, 0.5) is 0 Å². The van der Waals surface area contributed by atoms with E-state index in [4.69, 9.17) is 9.84 Å². The maximum absolute atomic E-state index is 12.1. The number of nitrogens with one attached hydrogen (secondary N) is 1. The Balaban J connectivity index is 2.00. The lowest BCUT2D eigenvalue weighted by atomic mass is 9.87. The van der Waals surface area contributed by atoms with Gasteiger partial charge in [-0.15, -0.1) is 0 Å². The van der Waals surface area contributed by atoms with Crippen LogP contribution in [0.15, 0.2) is 11.8 Å². The Morgan fingerprint density at radius 3 is 2.50 bits per heavy atom. The molecule has 2 aliphatic heterocycles. The molecule has 0 aromatic heterocycles. The van der Waals surface area contributed by atoms with Crippen LogP contribution in [0.1, 0.15) is 39.5 Å². The molecule has 0 bridgehead atoms. The monoisotopic (exact) mass is 311 g/mol. The fourth-order valence-electron chi connectivity index (χ4n) is 2.96. The third-order valence-electron chi connectivity index (χ3n) is 3.95. The number of hydrogen-bond donors (Lipinski definition) is 3. The third-order valence-corrected chi connectivity index (χ3v) is 3.95. The summed E-state index contributed by atoms with van der Waals surface area (Å²) in [6, 6.07) is 0. The van der Waals surface area contributed by atoms with E-state index in [2.05, 4.69) is 5.32 Å². The van der Waals surface area contributed by atoms with Gasteiger partial charge in [0.15, 0.2) is 5.60 Å². The summed E-state index contributed by atoms with van der Waals surface area (Å²) in [5, 5.41) is 21.3. The van der Waals surface area contributed by atoms with Gasteiger partial charge in [-0.1, -0.05) is 0 Å². The van der Waals surface area contributed by atoms with Gasteiger partial charge in [0.1, 0.15) is 5.76 Å². The molecule has 0 aromatic rings. The highest BCUT2D eigenvalue weighted by molar-refractivity contribution is 5.99. The topological polar surface area (TPSA) is 113 Å². The number of allylic oxidation sites excluding steroid dienone is 1. The van der Waals surface area contributed by atoms with Crippen LogP contribution in [0.2, 0.25) is 0 Å². The Morgan fingerprint density at radius 1 is 1.36 bits per heavy atom. The van der Waals surface area contributed by atoms with E-state index < -0.39 is 17.8 Å². The molecule has 0 aromatic carbocycles. The Morgan fingerprint density at radius 2 is 1.95 bits per heavy atom. The van der Waals surface area contributed by atoms with Crippen molar-refractivity contribution in [2.45, 2.75) is 50.7 Å². The Hall–Kier alpha value is -1.73. The van der Waals surface area contributed by atoms with Crippen LogP contribution < -0.4 is 5.32 Å². The van der Waals surface area contributed by atoms with Crippen molar-refractivity contribution in [1.82, 2.24) is 5.32 Å². The van der Waals surface area contributed by atoms with Gasteiger partial charge >= 0.3 is 0 Å². The fourth-order valence-corrected chi connectivity index (χ4v) is 2.96. The number of amides is 2. The molecule has 2 atom stereocenters. The van der Waals surface area contributed by atoms with E-state index in [1.54, 1.807) is 6.92 Å². The number of piperidine rings is 1. The normalized spacial score (nSPS) is 28.9. The van der Waals surface area contributed by atoms with Gasteiger partial charge in [0.05, 0.1) is 12.2 Å². The van der Waals surface area contributed by atoms with Gasteiger partial charge in [-0.05, 0) is 19.8 Å². The van der Waals surface area contributed by atoms with Gasteiger partial charge in [-0.25, -0.2) is 0 Å². The lowest BCUT2D eigenvalue weighted by Crippen LogP contribution is -2.44. The predicted octanol–water partition coefficient (Wildman–Crippen LogP) is -0.195. The van der Waals surface area contributed by atoms with Crippen molar-refractivity contribution in [2.75, 3.05) is 6.61 Å². The molecule has 3 N–H and O–H groups in total. The predicted molar refractivity (Wildman–Crippen MR) is 75.4 cm³/mol. The number of carbonyl (C=O) groups is 3. The van der Waals surface area contributed by atoms with Crippen molar-refractivity contribution in [1.29, 1.82) is 0 Å². The maximum atomic E-state index is 12.1. The highest BCUT2D eigenvalue weighted by Gasteiger charge is 2.45. The summed E-state index contributed by atoms with van der Waals surface area (Å²) in [5.74, 6) is -0.716. The molecule has 2 unspecified atom stereocenters. The summed E-state index contributed by atoms with van der Waals surface area (Å²) in [7, 11) is 0. The molecule has 7 heteroatoms. The first-order valence-corrected chi connectivity index (χ1v) is 7.23. The van der Waals surface area contributed by atoms with Gasteiger partial charge in [0.25, 0.3) is 0 Å². The van der Waals surface area contributed by atoms with E-state index >= 15 is 0 Å². The Bertz CT molecular complexity index is 522. The van der Waals surface area contributed by atoms with E-state index in [-0.39, 0.29) is 42.8 Å². The number of aliphatic hydroxyl groups is 2. The van der Waals surface area contributed by atoms with Crippen molar-refractivity contribution >= 4 is 17.6 Å². The van der Waals surface area contributed by atoms with E-state index in [1.165, 1.54) is 13.0 Å². The van der Waals surface area contributed by atoms with Gasteiger partial charge in [0, 0.05) is 31.8 Å². The quantitative estimate of drug-likeness (QED) is 0.606. The molecule has 0 aliphatic carbocycles. The molecule has 2 heterocycles. The van der Waals surface area contributed by atoms with Crippen LogP contribution in [0, 0.1) is 5.92 Å². The van der Waals surface area contributed by atoms with Crippen molar-refractivity contribution < 1.29 is 29.3 Å². The standard InChI is InChI=1S/C15H21NO6/c1-14(21,8-17)7-15(2)11(18)6-10(22-15)3-9-4-12(19)16-13(20)5-9/h6,9,17,21H,3-5,7-8H2,1-2H3,(H,16,19,20). The van der Waals surface area contributed by atoms with Crippen molar-refractivity contribution in [3.05, 3.63) is 11.8 Å². The smallest absolute Gasteiger partial charge is 0.226 e. The lowest BCUT2D eigenvalue weighted by Gasteiger charge is -2.32. The van der Waals surface area contributed by atoms with Crippen LogP contribution in [0.5, 0.6) is 0 Å². The first kappa shape index (κ1) is 16.6. The van der Waals surface area contributed by atoms with E-state index in [9.17, 15) is 19.5 Å². The number of carbonyl (C=O) groups excluding carboxylic acids is 3. The largest absolute Gasteiger partial charge is 0.484 e. The SMILES string of the molecule is CC(O)(CO)CC1(C)OC(CC2CC(=O)NC(=O)C2)=CC1=O. The third kappa shape index (κ3) is 3.72. The van der Waals surface area contributed by atoms with E-state index in [0.717, 1.165) is 0 Å². The second-order valence-corrected chi connectivity index (χ2v) is 6.59. The van der Waals surface area contributed by atoms with Gasteiger partial charge < -0.3 is 14.9 Å². The van der Waals surface area contributed by atoms with Crippen molar-refractivity contribution in [2.24, 2.45) is 5.92 Å². The number of ketones is 1. The highest BCUT2D eigenvalue weighted by Crippen LogP contribution is 2.36. The first-order valence-electron chi connectivity index (χ1n) is 7.23. The molecule has 0 spiro atoms. The fraction of sp³-hybridized carbons (Fsp3) is 0.667. The molecular formula is C15H21NO6. The lowest BCUT2D eigenvalue weighted by molar-refractivity contribution is -0.138. The first-order chi connectivity index (χ1) is 10.1. The van der Waals surface area contributed by atoms with Crippen molar-refractivity contribution in [3.8, 4) is 0 Å². The highest BCUT2D eigenvalue weighted by atomic mass is 16.5. The van der Waals surface area contributed by atoms with Gasteiger partial charge in [-0.3, -0.25) is 19.7 Å². The Labute approximate surface area is 128 Å². The number of ether oxygens (including phenoxy) is 1. The molecule has 1 fully saturated rings. The zero-order valence-electron chi connectivity index (χ0n) is 12.7. The zero-order valence-corrected chi connectivity index (χ0v) is 12.7. The van der Waals surface area contributed by atoms with Crippen LogP contribution in [-0.2, 0) is 19.1 Å². The van der Waals surface area contributed by atoms with Crippen LogP contribution in [-0.4, -0.2) is 45.6 Å². The second-order valence-electron chi connectivity index (χ2n) is 6.59. The average Bonchev–Trinajstić information content (AvgIpc) is 2.61. The van der Waals surface area contributed by atoms with E-state index in [0.29, 0.717) is 12.2 Å². The average molecular weight is 311 g/mol.